The number of ether oxygens (including phenoxy) is 1. The van der Waals surface area contributed by atoms with Crippen LogP contribution >= 0.6 is 0 Å². The van der Waals surface area contributed by atoms with Gasteiger partial charge in [-0.3, -0.25) is 0 Å². The average Bonchev–Trinajstić information content (AvgIpc) is 3.19. The van der Waals surface area contributed by atoms with Crippen molar-refractivity contribution in [2.24, 2.45) is 0 Å². The summed E-state index contributed by atoms with van der Waals surface area (Å²) < 4.78 is 8.14. The Hall–Kier alpha value is -1.47. The summed E-state index contributed by atoms with van der Waals surface area (Å²) in [7, 11) is 0. The number of fused-ring (bicyclic) bond motifs is 1. The Morgan fingerprint density at radius 3 is 3.10 bits per heavy atom. The number of aromatic nitrogens is 2. The van der Waals surface area contributed by atoms with Crippen LogP contribution in [0, 0.1) is 0 Å². The van der Waals surface area contributed by atoms with E-state index in [2.05, 4.69) is 39.2 Å². The topological polar surface area (TPSA) is 63.1 Å². The van der Waals surface area contributed by atoms with Gasteiger partial charge in [-0.1, -0.05) is 12.1 Å². The number of nitrogens with one attached hydrogen (secondary N) is 3. The lowest BCUT2D eigenvalue weighted by atomic mass is 10.2. The fourth-order valence-corrected chi connectivity index (χ4v) is 3.02. The highest BCUT2D eigenvalue weighted by atomic mass is 16.5. The molecule has 20 heavy (non-hydrogen) atoms. The van der Waals surface area contributed by atoms with Crippen LogP contribution in [0.4, 0.5) is 0 Å². The van der Waals surface area contributed by atoms with Crippen LogP contribution in [-0.4, -0.2) is 28.7 Å². The largest absolute Gasteiger partial charge is 0.370 e. The van der Waals surface area contributed by atoms with Gasteiger partial charge in [-0.2, -0.15) is 5.53 Å². The van der Waals surface area contributed by atoms with E-state index in [4.69, 9.17) is 9.72 Å². The zero-order chi connectivity index (χ0) is 13.4. The highest BCUT2D eigenvalue weighted by Crippen LogP contribution is 2.30. The van der Waals surface area contributed by atoms with Gasteiger partial charge in [-0.05, 0) is 25.0 Å². The first-order valence-corrected chi connectivity index (χ1v) is 7.22. The molecule has 2 fully saturated rings. The molecule has 2 unspecified atom stereocenters. The van der Waals surface area contributed by atoms with Gasteiger partial charge in [0.2, 0.25) is 0 Å². The van der Waals surface area contributed by atoms with Crippen molar-refractivity contribution in [2.45, 2.75) is 31.5 Å². The van der Waals surface area contributed by atoms with Crippen LogP contribution in [0.15, 0.2) is 24.3 Å². The molecular formula is C14H19N5O. The Morgan fingerprint density at radius 1 is 1.35 bits per heavy atom. The molecular weight excluding hydrogens is 254 g/mol. The van der Waals surface area contributed by atoms with E-state index in [0.29, 0.717) is 6.04 Å². The monoisotopic (exact) mass is 273 g/mol. The molecule has 6 nitrogen and oxygen atoms in total. The lowest BCUT2D eigenvalue weighted by molar-refractivity contribution is 0.102. The normalized spacial score (nSPS) is 26.6. The quantitative estimate of drug-likeness (QED) is 0.774. The first-order chi connectivity index (χ1) is 9.92. The van der Waals surface area contributed by atoms with Crippen LogP contribution in [0.25, 0.3) is 11.0 Å². The number of para-hydroxylation sites is 2. The van der Waals surface area contributed by atoms with Crippen molar-refractivity contribution in [1.82, 2.24) is 25.9 Å². The molecule has 0 bridgehead atoms. The number of hydrogen-bond acceptors (Lipinski definition) is 5. The Balaban J connectivity index is 1.75. The molecule has 4 rings (SSSR count). The predicted molar refractivity (Wildman–Crippen MR) is 75.7 cm³/mol. The Bertz CT molecular complexity index is 599. The fourth-order valence-electron chi connectivity index (χ4n) is 3.02. The standard InChI is InChI=1S/C14H19N5O/c1-2-5-12-11(4-1)16-14(13-6-3-7-20-13)19(12)9-10-8-15-18-17-10/h1-2,4-5,10,13,15,17-18H,3,6-9H2. The third kappa shape index (κ3) is 2.10. The second kappa shape index (κ2) is 5.14. The minimum atomic E-state index is 0.143. The van der Waals surface area contributed by atoms with Gasteiger partial charge in [-0.15, -0.1) is 0 Å². The fraction of sp³-hybridized carbons (Fsp3) is 0.500. The van der Waals surface area contributed by atoms with Crippen LogP contribution in [0.2, 0.25) is 0 Å². The van der Waals surface area contributed by atoms with E-state index in [1.54, 1.807) is 0 Å². The first-order valence-electron chi connectivity index (χ1n) is 7.22. The van der Waals surface area contributed by atoms with Crippen LogP contribution in [-0.2, 0) is 11.3 Å². The van der Waals surface area contributed by atoms with E-state index in [9.17, 15) is 0 Å². The van der Waals surface area contributed by atoms with Crippen LogP contribution < -0.4 is 16.4 Å². The molecule has 1 aromatic heterocycles. The van der Waals surface area contributed by atoms with Gasteiger partial charge in [0.25, 0.3) is 0 Å². The Morgan fingerprint density at radius 2 is 2.30 bits per heavy atom. The minimum Gasteiger partial charge on any atom is -0.370 e. The van der Waals surface area contributed by atoms with Gasteiger partial charge in [0.15, 0.2) is 0 Å². The maximum absolute atomic E-state index is 5.84. The summed E-state index contributed by atoms with van der Waals surface area (Å²) in [5.41, 5.74) is 11.5. The Labute approximate surface area is 117 Å². The van der Waals surface area contributed by atoms with Gasteiger partial charge in [0.1, 0.15) is 11.9 Å². The average molecular weight is 273 g/mol. The van der Waals surface area contributed by atoms with Crippen molar-refractivity contribution >= 4 is 11.0 Å². The van der Waals surface area contributed by atoms with Crippen LogP contribution in [0.1, 0.15) is 24.8 Å². The number of imidazole rings is 1. The van der Waals surface area contributed by atoms with E-state index in [-0.39, 0.29) is 6.10 Å². The number of hydrogen-bond donors (Lipinski definition) is 3. The van der Waals surface area contributed by atoms with Crippen LogP contribution in [0.5, 0.6) is 0 Å². The summed E-state index contributed by atoms with van der Waals surface area (Å²) in [4.78, 5) is 4.81. The van der Waals surface area contributed by atoms with E-state index in [0.717, 1.165) is 43.9 Å². The molecule has 3 N–H and O–H groups in total. The highest BCUT2D eigenvalue weighted by molar-refractivity contribution is 5.76. The molecule has 3 heterocycles. The molecule has 2 atom stereocenters. The molecule has 0 aliphatic carbocycles. The molecule has 6 heteroatoms. The minimum absolute atomic E-state index is 0.143. The zero-order valence-electron chi connectivity index (χ0n) is 11.3. The van der Waals surface area contributed by atoms with Crippen molar-refractivity contribution < 1.29 is 4.74 Å². The SMILES string of the molecule is c1ccc2c(c1)nc(C1CCCO1)n2CC1CNNN1. The summed E-state index contributed by atoms with van der Waals surface area (Å²) in [5.74, 6) is 1.07. The third-order valence-corrected chi connectivity index (χ3v) is 4.02. The van der Waals surface area contributed by atoms with Gasteiger partial charge in [0.05, 0.1) is 17.1 Å². The maximum Gasteiger partial charge on any atom is 0.139 e. The molecule has 2 aliphatic rings. The van der Waals surface area contributed by atoms with Crippen molar-refractivity contribution in [1.29, 1.82) is 0 Å². The number of hydrazine groups is 2. The molecule has 106 valence electrons. The van der Waals surface area contributed by atoms with Crippen molar-refractivity contribution in [3.05, 3.63) is 30.1 Å². The zero-order valence-corrected chi connectivity index (χ0v) is 11.3. The lowest BCUT2D eigenvalue weighted by Crippen LogP contribution is -2.35. The predicted octanol–water partition coefficient (Wildman–Crippen LogP) is 0.869. The third-order valence-electron chi connectivity index (χ3n) is 4.02. The molecule has 0 radical (unpaired) electrons. The number of nitrogens with zero attached hydrogens (tertiary/aromatic N) is 2. The second-order valence-electron chi connectivity index (χ2n) is 5.42. The highest BCUT2D eigenvalue weighted by Gasteiger charge is 2.26. The molecule has 2 aliphatic heterocycles. The van der Waals surface area contributed by atoms with E-state index in [1.807, 2.05) is 6.07 Å². The van der Waals surface area contributed by atoms with Crippen molar-refractivity contribution in [3.8, 4) is 0 Å². The maximum atomic E-state index is 5.84. The summed E-state index contributed by atoms with van der Waals surface area (Å²) in [6.45, 7) is 2.63. The van der Waals surface area contributed by atoms with E-state index < -0.39 is 0 Å². The smallest absolute Gasteiger partial charge is 0.139 e. The molecule has 2 saturated heterocycles. The summed E-state index contributed by atoms with van der Waals surface area (Å²) >= 11 is 0. The molecule has 0 spiro atoms. The number of benzene rings is 1. The Kier molecular flexibility index (Phi) is 3.16. The van der Waals surface area contributed by atoms with Gasteiger partial charge < -0.3 is 9.30 Å². The summed E-state index contributed by atoms with van der Waals surface area (Å²) in [6.07, 6.45) is 2.33. The van der Waals surface area contributed by atoms with Crippen molar-refractivity contribution in [3.63, 3.8) is 0 Å². The molecule has 0 amide bonds. The van der Waals surface area contributed by atoms with Gasteiger partial charge >= 0.3 is 0 Å². The van der Waals surface area contributed by atoms with Gasteiger partial charge in [0, 0.05) is 19.7 Å². The molecule has 1 aromatic carbocycles. The lowest BCUT2D eigenvalue weighted by Gasteiger charge is -2.16. The van der Waals surface area contributed by atoms with Crippen molar-refractivity contribution in [2.75, 3.05) is 13.2 Å². The molecule has 2 aromatic rings. The van der Waals surface area contributed by atoms with Gasteiger partial charge in [-0.25, -0.2) is 15.8 Å². The second-order valence-corrected chi connectivity index (χ2v) is 5.42. The molecule has 0 saturated carbocycles. The summed E-state index contributed by atoms with van der Waals surface area (Å²) in [5, 5.41) is 0. The first kappa shape index (κ1) is 12.3. The number of rotatable bonds is 3. The van der Waals surface area contributed by atoms with Crippen LogP contribution in [0.3, 0.4) is 0 Å². The summed E-state index contributed by atoms with van der Waals surface area (Å²) in [6, 6.07) is 8.67. The van der Waals surface area contributed by atoms with E-state index in [1.165, 1.54) is 5.52 Å². The van der Waals surface area contributed by atoms with E-state index >= 15 is 0 Å².